The zero-order valence-corrected chi connectivity index (χ0v) is 12.4. The summed E-state index contributed by atoms with van der Waals surface area (Å²) in [4.78, 5) is 34.3. The van der Waals surface area contributed by atoms with Crippen molar-refractivity contribution in [2.75, 3.05) is 11.9 Å². The zero-order chi connectivity index (χ0) is 16.2. The molecule has 3 rings (SSSR count). The van der Waals surface area contributed by atoms with E-state index in [1.807, 2.05) is 30.3 Å². The molecule has 2 aromatic heterocycles. The van der Waals surface area contributed by atoms with Gasteiger partial charge in [-0.1, -0.05) is 30.3 Å². The molecule has 0 spiro atoms. The number of carbonyl (C=O) groups is 1. The van der Waals surface area contributed by atoms with E-state index >= 15 is 0 Å². The molecule has 8 heteroatoms. The Morgan fingerprint density at radius 1 is 1.35 bits per heavy atom. The molecule has 0 unspecified atom stereocenters. The highest BCUT2D eigenvalue weighted by Gasteiger charge is 2.10. The van der Waals surface area contributed by atoms with Gasteiger partial charge in [0.25, 0.3) is 11.5 Å². The highest BCUT2D eigenvalue weighted by molar-refractivity contribution is 5.90. The van der Waals surface area contributed by atoms with Crippen molar-refractivity contribution in [3.8, 4) is 0 Å². The van der Waals surface area contributed by atoms with Crippen LogP contribution >= 0.6 is 0 Å². The van der Waals surface area contributed by atoms with Crippen LogP contribution in [0.3, 0.4) is 0 Å². The van der Waals surface area contributed by atoms with Gasteiger partial charge in [0.15, 0.2) is 11.2 Å². The molecule has 0 aliphatic carbocycles. The lowest BCUT2D eigenvalue weighted by Gasteiger charge is -2.06. The molecule has 0 fully saturated rings. The third kappa shape index (κ3) is 3.43. The maximum absolute atomic E-state index is 11.9. The molecular formula is C15H15N5O3. The lowest BCUT2D eigenvalue weighted by Crippen LogP contribution is -2.22. The summed E-state index contributed by atoms with van der Waals surface area (Å²) >= 11 is 0. The van der Waals surface area contributed by atoms with Crippen LogP contribution in [0.25, 0.3) is 11.2 Å². The molecule has 0 aliphatic rings. The first-order valence-electron chi connectivity index (χ1n) is 6.96. The zero-order valence-electron chi connectivity index (χ0n) is 12.4. The van der Waals surface area contributed by atoms with Crippen LogP contribution in [0.1, 0.15) is 5.56 Å². The summed E-state index contributed by atoms with van der Waals surface area (Å²) in [7, 11) is 1.72. The first kappa shape index (κ1) is 14.9. The molecular weight excluding hydrogens is 298 g/mol. The molecule has 118 valence electrons. The van der Waals surface area contributed by atoms with Crippen molar-refractivity contribution in [3.63, 3.8) is 0 Å². The number of amides is 1. The Kier molecular flexibility index (Phi) is 4.15. The Balaban J connectivity index is 1.61. The number of rotatable bonds is 5. The Morgan fingerprint density at radius 2 is 2.13 bits per heavy atom. The molecule has 2 heterocycles. The molecule has 23 heavy (non-hydrogen) atoms. The minimum atomic E-state index is -0.406. The van der Waals surface area contributed by atoms with Gasteiger partial charge in [-0.3, -0.25) is 19.9 Å². The lowest BCUT2D eigenvalue weighted by atomic mass is 10.2. The van der Waals surface area contributed by atoms with Crippen molar-refractivity contribution in [3.05, 3.63) is 52.6 Å². The molecule has 1 amide bonds. The molecule has 2 N–H and O–H groups in total. The Bertz CT molecular complexity index is 885. The van der Waals surface area contributed by atoms with Crippen molar-refractivity contribution in [1.29, 1.82) is 0 Å². The number of imidazole rings is 1. The number of benzene rings is 1. The second kappa shape index (κ2) is 6.41. The van der Waals surface area contributed by atoms with Gasteiger partial charge in [0, 0.05) is 7.05 Å². The van der Waals surface area contributed by atoms with Crippen LogP contribution in [-0.2, 0) is 23.2 Å². The number of hydrogen-bond acceptors (Lipinski definition) is 5. The van der Waals surface area contributed by atoms with Crippen molar-refractivity contribution >= 4 is 23.0 Å². The predicted octanol–water partition coefficient (Wildman–Crippen LogP) is 0.812. The normalized spacial score (nSPS) is 10.8. The molecule has 0 atom stereocenters. The van der Waals surface area contributed by atoms with E-state index in [1.54, 1.807) is 11.6 Å². The molecule has 3 aromatic rings. The Labute approximate surface area is 131 Å². The largest absolute Gasteiger partial charge is 0.367 e. The number of H-pyrrole nitrogens is 1. The first-order valence-corrected chi connectivity index (χ1v) is 6.96. The summed E-state index contributed by atoms with van der Waals surface area (Å²) in [6.45, 7) is 0.195. The second-order valence-electron chi connectivity index (χ2n) is 4.97. The van der Waals surface area contributed by atoms with Crippen LogP contribution in [0.15, 0.2) is 41.5 Å². The van der Waals surface area contributed by atoms with E-state index in [0.29, 0.717) is 12.3 Å². The van der Waals surface area contributed by atoms with Crippen molar-refractivity contribution in [1.82, 2.24) is 19.5 Å². The van der Waals surface area contributed by atoms with Crippen LogP contribution in [0.5, 0.6) is 0 Å². The van der Waals surface area contributed by atoms with Gasteiger partial charge in [0.2, 0.25) is 5.95 Å². The summed E-state index contributed by atoms with van der Waals surface area (Å²) in [5.41, 5.74) is 1.19. The molecule has 0 radical (unpaired) electrons. The number of nitrogens with one attached hydrogen (secondary N) is 2. The van der Waals surface area contributed by atoms with E-state index in [-0.39, 0.29) is 18.1 Å². The van der Waals surface area contributed by atoms with Gasteiger partial charge in [-0.2, -0.15) is 4.98 Å². The highest BCUT2D eigenvalue weighted by Crippen LogP contribution is 2.06. The van der Waals surface area contributed by atoms with Crippen LogP contribution in [0.4, 0.5) is 5.95 Å². The summed E-state index contributed by atoms with van der Waals surface area (Å²) in [5, 5.41) is 2.51. The second-order valence-corrected chi connectivity index (χ2v) is 4.97. The number of aromatic nitrogens is 4. The van der Waals surface area contributed by atoms with E-state index in [1.165, 1.54) is 6.33 Å². The number of anilines is 1. The average molecular weight is 313 g/mol. The minimum Gasteiger partial charge on any atom is -0.367 e. The summed E-state index contributed by atoms with van der Waals surface area (Å²) < 4.78 is 6.93. The van der Waals surface area contributed by atoms with Gasteiger partial charge in [-0.15, -0.1) is 0 Å². The molecule has 0 aliphatic heterocycles. The molecule has 0 bridgehead atoms. The first-order chi connectivity index (χ1) is 11.1. The van der Waals surface area contributed by atoms with Gasteiger partial charge < -0.3 is 9.30 Å². The maximum atomic E-state index is 11.9. The van der Waals surface area contributed by atoms with E-state index in [4.69, 9.17) is 4.74 Å². The number of aromatic amines is 1. The fourth-order valence-corrected chi connectivity index (χ4v) is 2.08. The Morgan fingerprint density at radius 3 is 2.91 bits per heavy atom. The van der Waals surface area contributed by atoms with E-state index in [9.17, 15) is 9.59 Å². The number of aryl methyl sites for hydroxylation is 1. The smallest absolute Gasteiger partial charge is 0.280 e. The third-order valence-corrected chi connectivity index (χ3v) is 3.17. The highest BCUT2D eigenvalue weighted by atomic mass is 16.5. The van der Waals surface area contributed by atoms with Crippen molar-refractivity contribution in [2.24, 2.45) is 7.05 Å². The van der Waals surface area contributed by atoms with E-state index in [0.717, 1.165) is 5.56 Å². The molecule has 8 nitrogen and oxygen atoms in total. The number of fused-ring (bicyclic) bond motifs is 1. The maximum Gasteiger partial charge on any atom is 0.280 e. The number of ether oxygens (including phenoxy) is 1. The monoisotopic (exact) mass is 313 g/mol. The fraction of sp³-hybridized carbons (Fsp3) is 0.200. The molecule has 0 saturated heterocycles. The lowest BCUT2D eigenvalue weighted by molar-refractivity contribution is -0.121. The standard InChI is InChI=1S/C15H15N5O3/c1-20-9-16-12-13(20)18-15(19-14(12)22)17-11(21)8-23-7-10-5-3-2-4-6-10/h2-6,9H,7-8H2,1H3,(H2,17,18,19,21,22). The number of hydrogen-bond donors (Lipinski definition) is 2. The Hall–Kier alpha value is -3.00. The molecule has 0 saturated carbocycles. The SMILES string of the molecule is Cn1cnc2c(=O)[nH]c(NC(=O)COCc3ccccc3)nc21. The topological polar surface area (TPSA) is 102 Å². The van der Waals surface area contributed by atoms with Gasteiger partial charge in [-0.05, 0) is 5.56 Å². The summed E-state index contributed by atoms with van der Waals surface area (Å²) in [5.74, 6) is -0.329. The van der Waals surface area contributed by atoms with Gasteiger partial charge in [0.05, 0.1) is 12.9 Å². The number of nitrogens with zero attached hydrogens (tertiary/aromatic N) is 3. The molecule has 1 aromatic carbocycles. The quantitative estimate of drug-likeness (QED) is 0.726. The summed E-state index contributed by atoms with van der Waals surface area (Å²) in [6.07, 6.45) is 1.49. The van der Waals surface area contributed by atoms with Crippen LogP contribution in [0.2, 0.25) is 0 Å². The fourth-order valence-electron chi connectivity index (χ4n) is 2.08. The van der Waals surface area contributed by atoms with E-state index < -0.39 is 11.5 Å². The van der Waals surface area contributed by atoms with Crippen LogP contribution in [0, 0.1) is 0 Å². The van der Waals surface area contributed by atoms with Gasteiger partial charge >= 0.3 is 0 Å². The van der Waals surface area contributed by atoms with Crippen LogP contribution in [-0.4, -0.2) is 32.0 Å². The van der Waals surface area contributed by atoms with Crippen molar-refractivity contribution in [2.45, 2.75) is 6.61 Å². The van der Waals surface area contributed by atoms with Gasteiger partial charge in [-0.25, -0.2) is 4.98 Å². The van der Waals surface area contributed by atoms with Crippen molar-refractivity contribution < 1.29 is 9.53 Å². The average Bonchev–Trinajstić information content (AvgIpc) is 2.90. The predicted molar refractivity (Wildman–Crippen MR) is 83.9 cm³/mol. The van der Waals surface area contributed by atoms with Crippen LogP contribution < -0.4 is 10.9 Å². The van der Waals surface area contributed by atoms with Gasteiger partial charge in [0.1, 0.15) is 6.61 Å². The minimum absolute atomic E-state index is 0.0689. The third-order valence-electron chi connectivity index (χ3n) is 3.17. The summed E-state index contributed by atoms with van der Waals surface area (Å²) in [6, 6.07) is 9.53. The number of carbonyl (C=O) groups excluding carboxylic acids is 1. The van der Waals surface area contributed by atoms with E-state index in [2.05, 4.69) is 20.3 Å².